The molecule has 0 radical (unpaired) electrons. The van der Waals surface area contributed by atoms with E-state index in [-0.39, 0.29) is 6.09 Å². The first-order chi connectivity index (χ1) is 11.2. The number of para-hydroxylation sites is 1. The second kappa shape index (κ2) is 6.53. The highest BCUT2D eigenvalue weighted by Gasteiger charge is 2.13. The first-order valence-electron chi connectivity index (χ1n) is 7.71. The molecule has 0 saturated carbocycles. The molecule has 0 saturated heterocycles. The molecular formula is C20H19NO2. The maximum Gasteiger partial charge on any atom is 0.418 e. The van der Waals surface area contributed by atoms with Crippen molar-refractivity contribution in [2.45, 2.75) is 13.8 Å². The minimum atomic E-state index is -0.350. The standard InChI is InChI=1S/C20H19NO2/c1-3-23-20(22)21-18(14-17-6-4-5-7-19(17)21)13-12-16-10-8-15(2)9-11-16/h4-14H,3H2,1-2H3/b13-12+. The van der Waals surface area contributed by atoms with Gasteiger partial charge in [0.2, 0.25) is 0 Å². The molecule has 3 aromatic rings. The van der Waals surface area contributed by atoms with Crippen LogP contribution in [0.2, 0.25) is 0 Å². The summed E-state index contributed by atoms with van der Waals surface area (Å²) in [7, 11) is 0. The van der Waals surface area contributed by atoms with Crippen molar-refractivity contribution in [1.29, 1.82) is 0 Å². The molecule has 0 atom stereocenters. The highest BCUT2D eigenvalue weighted by Crippen LogP contribution is 2.22. The lowest BCUT2D eigenvalue weighted by Crippen LogP contribution is -2.14. The monoisotopic (exact) mass is 305 g/mol. The van der Waals surface area contributed by atoms with Crippen molar-refractivity contribution < 1.29 is 9.53 Å². The highest BCUT2D eigenvalue weighted by molar-refractivity contribution is 5.94. The highest BCUT2D eigenvalue weighted by atomic mass is 16.5. The summed E-state index contributed by atoms with van der Waals surface area (Å²) in [5.41, 5.74) is 3.98. The Bertz CT molecular complexity index is 857. The summed E-state index contributed by atoms with van der Waals surface area (Å²) < 4.78 is 6.81. The van der Waals surface area contributed by atoms with Crippen LogP contribution in [0.1, 0.15) is 23.7 Å². The predicted molar refractivity (Wildman–Crippen MR) is 94.5 cm³/mol. The molecule has 0 aliphatic rings. The molecule has 2 aromatic carbocycles. The topological polar surface area (TPSA) is 31.2 Å². The zero-order valence-electron chi connectivity index (χ0n) is 13.3. The molecule has 0 bridgehead atoms. The fraction of sp³-hybridized carbons (Fsp3) is 0.150. The molecule has 0 aliphatic heterocycles. The van der Waals surface area contributed by atoms with E-state index in [4.69, 9.17) is 4.74 Å². The Morgan fingerprint density at radius 2 is 1.83 bits per heavy atom. The fourth-order valence-electron chi connectivity index (χ4n) is 2.55. The Morgan fingerprint density at radius 1 is 1.09 bits per heavy atom. The van der Waals surface area contributed by atoms with Crippen molar-refractivity contribution in [2.24, 2.45) is 0 Å². The normalized spacial score (nSPS) is 11.2. The van der Waals surface area contributed by atoms with E-state index in [1.54, 1.807) is 4.57 Å². The number of carbonyl (C=O) groups excluding carboxylic acids is 1. The molecular weight excluding hydrogens is 286 g/mol. The number of ether oxygens (including phenoxy) is 1. The van der Waals surface area contributed by atoms with Crippen LogP contribution in [0.15, 0.2) is 54.6 Å². The third-order valence-corrected chi connectivity index (χ3v) is 3.71. The summed E-state index contributed by atoms with van der Waals surface area (Å²) in [6.07, 6.45) is 3.60. The van der Waals surface area contributed by atoms with Crippen molar-refractivity contribution >= 4 is 29.1 Å². The molecule has 0 fully saturated rings. The van der Waals surface area contributed by atoms with E-state index >= 15 is 0 Å². The first kappa shape index (κ1) is 15.1. The van der Waals surface area contributed by atoms with Gasteiger partial charge in [-0.25, -0.2) is 9.36 Å². The zero-order valence-corrected chi connectivity index (χ0v) is 13.3. The van der Waals surface area contributed by atoms with E-state index in [0.29, 0.717) is 6.61 Å². The lowest BCUT2D eigenvalue weighted by Gasteiger charge is -2.06. The van der Waals surface area contributed by atoms with Crippen molar-refractivity contribution in [3.05, 3.63) is 71.4 Å². The molecule has 0 aliphatic carbocycles. The molecule has 0 N–H and O–H groups in total. The number of aryl methyl sites for hydroxylation is 1. The van der Waals surface area contributed by atoms with Gasteiger partial charge in [0.05, 0.1) is 17.8 Å². The van der Waals surface area contributed by atoms with Crippen molar-refractivity contribution in [3.63, 3.8) is 0 Å². The molecule has 0 amide bonds. The molecule has 0 spiro atoms. The number of rotatable bonds is 3. The van der Waals surface area contributed by atoms with Crippen molar-refractivity contribution in [1.82, 2.24) is 4.57 Å². The Hall–Kier alpha value is -2.81. The van der Waals surface area contributed by atoms with Crippen molar-refractivity contribution in [3.8, 4) is 0 Å². The fourth-order valence-corrected chi connectivity index (χ4v) is 2.55. The van der Waals surface area contributed by atoms with E-state index in [0.717, 1.165) is 22.2 Å². The molecule has 116 valence electrons. The Morgan fingerprint density at radius 3 is 2.57 bits per heavy atom. The van der Waals surface area contributed by atoms with Gasteiger partial charge in [-0.1, -0.05) is 54.1 Å². The Labute approximate surface area is 135 Å². The molecule has 3 heteroatoms. The lowest BCUT2D eigenvalue weighted by molar-refractivity contribution is 0.155. The average Bonchev–Trinajstić information content (AvgIpc) is 2.93. The van der Waals surface area contributed by atoms with E-state index in [1.165, 1.54) is 5.56 Å². The van der Waals surface area contributed by atoms with Gasteiger partial charge in [-0.3, -0.25) is 0 Å². The Kier molecular flexibility index (Phi) is 4.29. The quantitative estimate of drug-likeness (QED) is 0.672. The van der Waals surface area contributed by atoms with Crippen LogP contribution < -0.4 is 0 Å². The summed E-state index contributed by atoms with van der Waals surface area (Å²) in [4.78, 5) is 12.3. The average molecular weight is 305 g/mol. The lowest BCUT2D eigenvalue weighted by atomic mass is 10.1. The number of aromatic nitrogens is 1. The second-order valence-corrected chi connectivity index (χ2v) is 5.41. The molecule has 0 unspecified atom stereocenters. The number of carbonyl (C=O) groups is 1. The van der Waals surface area contributed by atoms with E-state index < -0.39 is 0 Å². The first-order valence-corrected chi connectivity index (χ1v) is 7.71. The number of benzene rings is 2. The van der Waals surface area contributed by atoms with Gasteiger partial charge in [0, 0.05) is 5.39 Å². The van der Waals surface area contributed by atoms with Crippen LogP contribution >= 0.6 is 0 Å². The summed E-state index contributed by atoms with van der Waals surface area (Å²) in [6.45, 7) is 4.23. The smallest absolute Gasteiger partial charge is 0.418 e. The van der Waals surface area contributed by atoms with Crippen LogP contribution in [0, 0.1) is 6.92 Å². The van der Waals surface area contributed by atoms with Gasteiger partial charge in [-0.05, 0) is 37.6 Å². The Balaban J connectivity index is 2.03. The van der Waals surface area contributed by atoms with Crippen LogP contribution in [0.3, 0.4) is 0 Å². The van der Waals surface area contributed by atoms with Crippen molar-refractivity contribution in [2.75, 3.05) is 6.61 Å². The number of nitrogens with zero attached hydrogens (tertiary/aromatic N) is 1. The number of hydrogen-bond donors (Lipinski definition) is 0. The van der Waals surface area contributed by atoms with Gasteiger partial charge in [0.25, 0.3) is 0 Å². The van der Waals surface area contributed by atoms with Gasteiger partial charge in [0.15, 0.2) is 0 Å². The maximum atomic E-state index is 12.3. The van der Waals surface area contributed by atoms with Crippen LogP contribution in [-0.4, -0.2) is 17.3 Å². The molecule has 23 heavy (non-hydrogen) atoms. The second-order valence-electron chi connectivity index (χ2n) is 5.41. The van der Waals surface area contributed by atoms with E-state index in [2.05, 4.69) is 31.2 Å². The van der Waals surface area contributed by atoms with Gasteiger partial charge in [-0.2, -0.15) is 0 Å². The van der Waals surface area contributed by atoms with Gasteiger partial charge < -0.3 is 4.74 Å². The molecule has 3 nitrogen and oxygen atoms in total. The largest absolute Gasteiger partial charge is 0.449 e. The van der Waals surface area contributed by atoms with Crippen LogP contribution in [0.25, 0.3) is 23.1 Å². The molecule has 1 heterocycles. The third-order valence-electron chi connectivity index (χ3n) is 3.71. The number of fused-ring (bicyclic) bond motifs is 1. The molecule has 3 rings (SSSR count). The van der Waals surface area contributed by atoms with E-state index in [9.17, 15) is 4.79 Å². The summed E-state index contributed by atoms with van der Waals surface area (Å²) in [5.74, 6) is 0. The van der Waals surface area contributed by atoms with Gasteiger partial charge >= 0.3 is 6.09 Å². The van der Waals surface area contributed by atoms with Crippen LogP contribution in [0.4, 0.5) is 4.79 Å². The minimum Gasteiger partial charge on any atom is -0.449 e. The van der Waals surface area contributed by atoms with Gasteiger partial charge in [0.1, 0.15) is 0 Å². The molecule has 1 aromatic heterocycles. The van der Waals surface area contributed by atoms with E-state index in [1.807, 2.05) is 49.4 Å². The maximum absolute atomic E-state index is 12.3. The summed E-state index contributed by atoms with van der Waals surface area (Å²) in [6, 6.07) is 18.1. The zero-order chi connectivity index (χ0) is 16.2. The summed E-state index contributed by atoms with van der Waals surface area (Å²) >= 11 is 0. The SMILES string of the molecule is CCOC(=O)n1c(/C=C/c2ccc(C)cc2)cc2ccccc21. The predicted octanol–water partition coefficient (Wildman–Crippen LogP) is 5.12. The third kappa shape index (κ3) is 3.19. The van der Waals surface area contributed by atoms with Crippen LogP contribution in [-0.2, 0) is 4.74 Å². The minimum absolute atomic E-state index is 0.350. The number of hydrogen-bond acceptors (Lipinski definition) is 2. The van der Waals surface area contributed by atoms with Crippen LogP contribution in [0.5, 0.6) is 0 Å². The van der Waals surface area contributed by atoms with Gasteiger partial charge in [-0.15, -0.1) is 0 Å². The summed E-state index contributed by atoms with van der Waals surface area (Å²) in [5, 5.41) is 1.02.